The molecule has 0 saturated heterocycles. The lowest BCUT2D eigenvalue weighted by Gasteiger charge is -2.06. The first kappa shape index (κ1) is 8.10. The van der Waals surface area contributed by atoms with Gasteiger partial charge >= 0.3 is 6.18 Å². The fourth-order valence-corrected chi connectivity index (χ4v) is 1.08. The van der Waals surface area contributed by atoms with Crippen LogP contribution in [0, 0.1) is 6.07 Å². The van der Waals surface area contributed by atoms with Crippen LogP contribution in [0.5, 0.6) is 0 Å². The van der Waals surface area contributed by atoms with Crippen molar-refractivity contribution in [1.29, 1.82) is 0 Å². The van der Waals surface area contributed by atoms with Crippen molar-refractivity contribution >= 4 is 11.4 Å². The average molecular weight is 184 g/mol. The van der Waals surface area contributed by atoms with Gasteiger partial charge in [0.25, 0.3) is 0 Å². The van der Waals surface area contributed by atoms with Gasteiger partial charge in [0.05, 0.1) is 5.57 Å². The van der Waals surface area contributed by atoms with Crippen molar-refractivity contribution in [2.75, 3.05) is 0 Å². The number of hydrogen-bond donors (Lipinski definition) is 0. The molecule has 0 spiro atoms. The minimum Gasteiger partial charge on any atom is -0.236 e. The number of nitrogens with zero attached hydrogens (tertiary/aromatic N) is 2. The molecule has 0 fully saturated rings. The molecule has 0 aromatic carbocycles. The molecular weight excluding hydrogens is 181 g/mol. The van der Waals surface area contributed by atoms with Crippen molar-refractivity contribution in [2.45, 2.75) is 6.18 Å². The van der Waals surface area contributed by atoms with E-state index >= 15 is 0 Å². The number of alkyl halides is 3. The summed E-state index contributed by atoms with van der Waals surface area (Å²) in [6, 6.07) is 3.72. The Morgan fingerprint density at radius 2 is 2.08 bits per heavy atom. The molecule has 0 saturated carbocycles. The van der Waals surface area contributed by atoms with Crippen LogP contribution in [-0.4, -0.2) is 11.2 Å². The van der Waals surface area contributed by atoms with E-state index in [4.69, 9.17) is 0 Å². The zero-order chi connectivity index (χ0) is 9.47. The number of allylic oxidation sites excluding steroid dienone is 1. The monoisotopic (exact) mass is 184 g/mol. The lowest BCUT2D eigenvalue weighted by molar-refractivity contribution is -0.0687. The summed E-state index contributed by atoms with van der Waals surface area (Å²) in [5, 5.41) is 3.53. The SMILES string of the molecule is FC(F)(F)C1=C[N]c2nc[c]cc21. The Labute approximate surface area is 72.1 Å². The zero-order valence-corrected chi connectivity index (χ0v) is 6.26. The summed E-state index contributed by atoms with van der Waals surface area (Å²) in [6.45, 7) is 0. The number of hydrogen-bond acceptors (Lipinski definition) is 1. The molecular formula is C8H3F3N2. The van der Waals surface area contributed by atoms with E-state index in [0.717, 1.165) is 6.20 Å². The molecule has 2 heterocycles. The number of aromatic nitrogens is 1. The molecule has 0 N–H and O–H groups in total. The fourth-order valence-electron chi connectivity index (χ4n) is 1.08. The van der Waals surface area contributed by atoms with Crippen molar-refractivity contribution in [3.05, 3.63) is 30.1 Å². The largest absolute Gasteiger partial charge is 0.418 e. The van der Waals surface area contributed by atoms with Crippen LogP contribution in [0.2, 0.25) is 0 Å². The summed E-state index contributed by atoms with van der Waals surface area (Å²) in [4.78, 5) is 3.65. The van der Waals surface area contributed by atoms with Gasteiger partial charge in [-0.2, -0.15) is 13.2 Å². The molecule has 1 aliphatic heterocycles. The van der Waals surface area contributed by atoms with E-state index in [-0.39, 0.29) is 11.4 Å². The molecule has 1 aromatic heterocycles. The predicted molar refractivity (Wildman–Crippen MR) is 38.9 cm³/mol. The highest BCUT2D eigenvalue weighted by Gasteiger charge is 2.38. The van der Waals surface area contributed by atoms with Crippen LogP contribution in [0.3, 0.4) is 0 Å². The highest BCUT2D eigenvalue weighted by molar-refractivity contribution is 5.79. The van der Waals surface area contributed by atoms with E-state index in [1.807, 2.05) is 0 Å². The van der Waals surface area contributed by atoms with Crippen LogP contribution < -0.4 is 5.32 Å². The maximum atomic E-state index is 12.3. The Morgan fingerprint density at radius 3 is 2.77 bits per heavy atom. The smallest absolute Gasteiger partial charge is 0.236 e. The minimum absolute atomic E-state index is 0.00463. The molecule has 0 aliphatic carbocycles. The second-order valence-corrected chi connectivity index (χ2v) is 2.48. The van der Waals surface area contributed by atoms with Crippen LogP contribution in [0.25, 0.3) is 5.57 Å². The maximum Gasteiger partial charge on any atom is 0.418 e. The van der Waals surface area contributed by atoms with E-state index in [2.05, 4.69) is 16.4 Å². The molecule has 1 aliphatic rings. The van der Waals surface area contributed by atoms with Gasteiger partial charge in [0.1, 0.15) is 0 Å². The van der Waals surface area contributed by atoms with Crippen molar-refractivity contribution in [2.24, 2.45) is 0 Å². The Kier molecular flexibility index (Phi) is 1.55. The van der Waals surface area contributed by atoms with Crippen LogP contribution in [0.15, 0.2) is 18.5 Å². The molecule has 2 nitrogen and oxygen atoms in total. The molecule has 2 radical (unpaired) electrons. The van der Waals surface area contributed by atoms with E-state index in [0.29, 0.717) is 0 Å². The molecule has 2 rings (SSSR count). The lowest BCUT2D eigenvalue weighted by atomic mass is 10.1. The lowest BCUT2D eigenvalue weighted by Crippen LogP contribution is -2.08. The number of pyridine rings is 1. The Balaban J connectivity index is 2.48. The van der Waals surface area contributed by atoms with Gasteiger partial charge in [0.15, 0.2) is 5.82 Å². The van der Waals surface area contributed by atoms with E-state index in [1.54, 1.807) is 0 Å². The van der Waals surface area contributed by atoms with E-state index < -0.39 is 11.7 Å². The number of rotatable bonds is 0. The predicted octanol–water partition coefficient (Wildman–Crippen LogP) is 2.03. The summed E-state index contributed by atoms with van der Waals surface area (Å²) in [7, 11) is 0. The van der Waals surface area contributed by atoms with Crippen molar-refractivity contribution in [3.63, 3.8) is 0 Å². The molecule has 66 valence electrons. The summed E-state index contributed by atoms with van der Waals surface area (Å²) in [5.74, 6) is 0.103. The third-order valence-electron chi connectivity index (χ3n) is 1.64. The van der Waals surface area contributed by atoms with Crippen molar-refractivity contribution in [1.82, 2.24) is 10.3 Å². The Hall–Kier alpha value is -1.52. The van der Waals surface area contributed by atoms with Gasteiger partial charge in [0.2, 0.25) is 0 Å². The highest BCUT2D eigenvalue weighted by atomic mass is 19.4. The third-order valence-corrected chi connectivity index (χ3v) is 1.64. The topological polar surface area (TPSA) is 27.0 Å². The summed E-state index contributed by atoms with van der Waals surface area (Å²) < 4.78 is 36.8. The third kappa shape index (κ3) is 1.26. The summed E-state index contributed by atoms with van der Waals surface area (Å²) >= 11 is 0. The molecule has 13 heavy (non-hydrogen) atoms. The average Bonchev–Trinajstić information content (AvgIpc) is 2.45. The van der Waals surface area contributed by atoms with Gasteiger partial charge < -0.3 is 0 Å². The second kappa shape index (κ2) is 2.48. The Bertz CT molecular complexity index is 368. The zero-order valence-electron chi connectivity index (χ0n) is 6.26. The molecule has 5 heteroatoms. The van der Waals surface area contributed by atoms with Gasteiger partial charge in [-0.1, -0.05) is 0 Å². The second-order valence-electron chi connectivity index (χ2n) is 2.48. The molecule has 0 amide bonds. The van der Waals surface area contributed by atoms with Gasteiger partial charge in [-0.05, 0) is 6.07 Å². The van der Waals surface area contributed by atoms with Crippen LogP contribution >= 0.6 is 0 Å². The summed E-state index contributed by atoms with van der Waals surface area (Å²) in [6.07, 6.45) is -2.30. The van der Waals surface area contributed by atoms with Gasteiger partial charge in [-0.3, -0.25) is 0 Å². The first-order valence-corrected chi connectivity index (χ1v) is 3.44. The van der Waals surface area contributed by atoms with Crippen LogP contribution in [-0.2, 0) is 0 Å². The van der Waals surface area contributed by atoms with Crippen molar-refractivity contribution in [3.8, 4) is 0 Å². The quantitative estimate of drug-likeness (QED) is 0.606. The fraction of sp³-hybridized carbons (Fsp3) is 0.125. The van der Waals surface area contributed by atoms with Gasteiger partial charge in [0, 0.05) is 24.0 Å². The minimum atomic E-state index is -4.37. The molecule has 0 bridgehead atoms. The van der Waals surface area contributed by atoms with E-state index in [1.165, 1.54) is 12.3 Å². The maximum absolute atomic E-state index is 12.3. The van der Waals surface area contributed by atoms with Gasteiger partial charge in [-0.15, -0.1) is 0 Å². The van der Waals surface area contributed by atoms with Crippen LogP contribution in [0.4, 0.5) is 19.0 Å². The standard InChI is InChI=1S/C8H3F3N2/c9-8(10,11)6-4-13-7-5(6)2-1-3-12-7/h2-4H. The number of halogens is 3. The normalized spacial score (nSPS) is 14.8. The van der Waals surface area contributed by atoms with Crippen molar-refractivity contribution < 1.29 is 13.2 Å². The molecule has 0 atom stereocenters. The first-order valence-electron chi connectivity index (χ1n) is 3.44. The Morgan fingerprint density at radius 1 is 1.31 bits per heavy atom. The van der Waals surface area contributed by atoms with Crippen LogP contribution in [0.1, 0.15) is 5.56 Å². The van der Waals surface area contributed by atoms with Gasteiger partial charge in [-0.25, -0.2) is 10.3 Å². The highest BCUT2D eigenvalue weighted by Crippen LogP contribution is 2.39. The van der Waals surface area contributed by atoms with E-state index in [9.17, 15) is 13.2 Å². The summed E-state index contributed by atoms with van der Waals surface area (Å²) in [5.41, 5.74) is -0.762. The molecule has 0 unspecified atom stereocenters. The number of fused-ring (bicyclic) bond motifs is 1. The molecule has 1 aromatic rings. The first-order chi connectivity index (χ1) is 6.09.